The van der Waals surface area contributed by atoms with Gasteiger partial charge in [0, 0.05) is 6.20 Å². The molecule has 0 atom stereocenters. The van der Waals surface area contributed by atoms with Gasteiger partial charge >= 0.3 is 0 Å². The number of furan rings is 1. The summed E-state index contributed by atoms with van der Waals surface area (Å²) in [4.78, 5) is 3.90. The molecule has 0 unspecified atom stereocenters. The summed E-state index contributed by atoms with van der Waals surface area (Å²) < 4.78 is 10.6. The lowest BCUT2D eigenvalue weighted by atomic mass is 10.3. The van der Waals surface area contributed by atoms with Gasteiger partial charge in [-0.1, -0.05) is 0 Å². The standard InChI is InChI=1S/C11H12N2O2/c12-11-6-9(3-4-13-11)7-14-8-10-2-1-5-15-10/h1-6H,7-8H2,(H2,12,13). The summed E-state index contributed by atoms with van der Waals surface area (Å²) in [6.07, 6.45) is 3.30. The third-order valence-corrected chi connectivity index (χ3v) is 1.94. The summed E-state index contributed by atoms with van der Waals surface area (Å²) in [5, 5.41) is 0. The van der Waals surface area contributed by atoms with E-state index >= 15 is 0 Å². The molecular weight excluding hydrogens is 192 g/mol. The van der Waals surface area contributed by atoms with Crippen molar-refractivity contribution in [1.29, 1.82) is 0 Å². The maximum Gasteiger partial charge on any atom is 0.129 e. The monoisotopic (exact) mass is 204 g/mol. The number of nitrogens with zero attached hydrogens (tertiary/aromatic N) is 1. The van der Waals surface area contributed by atoms with E-state index in [1.165, 1.54) is 0 Å². The van der Waals surface area contributed by atoms with E-state index in [0.717, 1.165) is 11.3 Å². The van der Waals surface area contributed by atoms with Gasteiger partial charge in [-0.3, -0.25) is 0 Å². The van der Waals surface area contributed by atoms with Gasteiger partial charge in [0.05, 0.1) is 12.9 Å². The molecule has 0 aliphatic heterocycles. The van der Waals surface area contributed by atoms with Gasteiger partial charge < -0.3 is 14.9 Å². The SMILES string of the molecule is Nc1cc(COCc2ccco2)ccn1. The van der Waals surface area contributed by atoms with Crippen molar-refractivity contribution in [3.63, 3.8) is 0 Å². The molecule has 0 saturated heterocycles. The minimum Gasteiger partial charge on any atom is -0.467 e. The molecule has 0 spiro atoms. The number of pyridine rings is 1. The predicted octanol–water partition coefficient (Wildman–Crippen LogP) is 1.97. The van der Waals surface area contributed by atoms with Gasteiger partial charge in [-0.2, -0.15) is 0 Å². The first-order valence-electron chi connectivity index (χ1n) is 4.65. The summed E-state index contributed by atoms with van der Waals surface area (Å²) in [5.74, 6) is 1.33. The lowest BCUT2D eigenvalue weighted by molar-refractivity contribution is 0.0929. The molecule has 4 heteroatoms. The van der Waals surface area contributed by atoms with E-state index in [0.29, 0.717) is 19.0 Å². The Kier molecular flexibility index (Phi) is 2.99. The highest BCUT2D eigenvalue weighted by atomic mass is 16.5. The van der Waals surface area contributed by atoms with Crippen LogP contribution in [0.1, 0.15) is 11.3 Å². The molecule has 0 aliphatic carbocycles. The topological polar surface area (TPSA) is 61.3 Å². The second kappa shape index (κ2) is 4.61. The summed E-state index contributed by atoms with van der Waals surface area (Å²) in [6, 6.07) is 7.38. The molecule has 2 heterocycles. The van der Waals surface area contributed by atoms with Gasteiger partial charge in [0.2, 0.25) is 0 Å². The van der Waals surface area contributed by atoms with E-state index in [9.17, 15) is 0 Å². The summed E-state index contributed by atoms with van der Waals surface area (Å²) in [6.45, 7) is 0.975. The van der Waals surface area contributed by atoms with Crippen LogP contribution in [-0.2, 0) is 18.0 Å². The third-order valence-electron chi connectivity index (χ3n) is 1.94. The first kappa shape index (κ1) is 9.73. The lowest BCUT2D eigenvalue weighted by Gasteiger charge is -2.02. The molecule has 0 aliphatic rings. The highest BCUT2D eigenvalue weighted by molar-refractivity contribution is 5.31. The van der Waals surface area contributed by atoms with Crippen molar-refractivity contribution >= 4 is 5.82 Å². The molecule has 0 aromatic carbocycles. The van der Waals surface area contributed by atoms with Crippen LogP contribution in [0.3, 0.4) is 0 Å². The Hall–Kier alpha value is -1.81. The van der Waals surface area contributed by atoms with Crippen molar-refractivity contribution in [3.05, 3.63) is 48.0 Å². The molecular formula is C11H12N2O2. The Morgan fingerprint density at radius 2 is 2.27 bits per heavy atom. The van der Waals surface area contributed by atoms with Gasteiger partial charge in [0.1, 0.15) is 18.2 Å². The molecule has 0 saturated carbocycles. The molecule has 0 fully saturated rings. The highest BCUT2D eigenvalue weighted by Crippen LogP contribution is 2.07. The zero-order chi connectivity index (χ0) is 10.5. The van der Waals surface area contributed by atoms with Crippen LogP contribution in [0.25, 0.3) is 0 Å². The van der Waals surface area contributed by atoms with Crippen molar-refractivity contribution in [1.82, 2.24) is 4.98 Å². The number of nitrogen functional groups attached to an aromatic ring is 1. The van der Waals surface area contributed by atoms with E-state index in [1.54, 1.807) is 18.5 Å². The molecule has 2 N–H and O–H groups in total. The zero-order valence-electron chi connectivity index (χ0n) is 8.22. The fraction of sp³-hybridized carbons (Fsp3) is 0.182. The van der Waals surface area contributed by atoms with Crippen LogP contribution in [0.5, 0.6) is 0 Å². The molecule has 2 aromatic rings. The van der Waals surface area contributed by atoms with Gasteiger partial charge in [-0.15, -0.1) is 0 Å². The van der Waals surface area contributed by atoms with E-state index < -0.39 is 0 Å². The Morgan fingerprint density at radius 3 is 3.00 bits per heavy atom. The molecule has 0 amide bonds. The fourth-order valence-corrected chi connectivity index (χ4v) is 1.25. The van der Waals surface area contributed by atoms with Crippen LogP contribution < -0.4 is 5.73 Å². The van der Waals surface area contributed by atoms with Crippen molar-refractivity contribution in [2.24, 2.45) is 0 Å². The number of rotatable bonds is 4. The minimum absolute atomic E-state index is 0.467. The third kappa shape index (κ3) is 2.82. The van der Waals surface area contributed by atoms with Gasteiger partial charge in [-0.05, 0) is 29.8 Å². The number of ether oxygens (including phenoxy) is 1. The minimum atomic E-state index is 0.467. The largest absolute Gasteiger partial charge is 0.467 e. The van der Waals surface area contributed by atoms with Crippen molar-refractivity contribution in [2.45, 2.75) is 13.2 Å². The Morgan fingerprint density at radius 1 is 1.33 bits per heavy atom. The summed E-state index contributed by atoms with van der Waals surface area (Å²) >= 11 is 0. The van der Waals surface area contributed by atoms with Crippen LogP contribution in [0.4, 0.5) is 5.82 Å². The molecule has 2 rings (SSSR count). The number of hydrogen-bond acceptors (Lipinski definition) is 4. The Labute approximate surface area is 87.7 Å². The smallest absolute Gasteiger partial charge is 0.129 e. The van der Waals surface area contributed by atoms with Crippen LogP contribution in [-0.4, -0.2) is 4.98 Å². The van der Waals surface area contributed by atoms with Crippen LogP contribution >= 0.6 is 0 Å². The predicted molar refractivity (Wildman–Crippen MR) is 55.9 cm³/mol. The van der Waals surface area contributed by atoms with Crippen molar-refractivity contribution in [3.8, 4) is 0 Å². The molecule has 0 radical (unpaired) electrons. The highest BCUT2D eigenvalue weighted by Gasteiger charge is 1.97. The normalized spacial score (nSPS) is 10.4. The van der Waals surface area contributed by atoms with E-state index in [2.05, 4.69) is 4.98 Å². The van der Waals surface area contributed by atoms with Crippen molar-refractivity contribution in [2.75, 3.05) is 5.73 Å². The zero-order valence-corrected chi connectivity index (χ0v) is 8.22. The molecule has 78 valence electrons. The maximum atomic E-state index is 5.54. The van der Waals surface area contributed by atoms with Crippen LogP contribution in [0.2, 0.25) is 0 Å². The maximum absolute atomic E-state index is 5.54. The van der Waals surface area contributed by atoms with Crippen molar-refractivity contribution < 1.29 is 9.15 Å². The summed E-state index contributed by atoms with van der Waals surface area (Å²) in [7, 11) is 0. The van der Waals surface area contributed by atoms with E-state index in [-0.39, 0.29) is 0 Å². The molecule has 15 heavy (non-hydrogen) atoms. The van der Waals surface area contributed by atoms with E-state index in [4.69, 9.17) is 14.9 Å². The fourth-order valence-electron chi connectivity index (χ4n) is 1.25. The quantitative estimate of drug-likeness (QED) is 0.827. The Bertz CT molecular complexity index is 412. The van der Waals surface area contributed by atoms with Crippen LogP contribution in [0, 0.1) is 0 Å². The lowest BCUT2D eigenvalue weighted by Crippen LogP contribution is -1.96. The second-order valence-electron chi connectivity index (χ2n) is 3.16. The average molecular weight is 204 g/mol. The average Bonchev–Trinajstić information content (AvgIpc) is 2.71. The summed E-state index contributed by atoms with van der Waals surface area (Å²) in [5.41, 5.74) is 6.55. The molecule has 2 aromatic heterocycles. The number of hydrogen-bond donors (Lipinski definition) is 1. The first-order valence-corrected chi connectivity index (χ1v) is 4.65. The first-order chi connectivity index (χ1) is 7.34. The number of nitrogens with two attached hydrogens (primary N) is 1. The second-order valence-corrected chi connectivity index (χ2v) is 3.16. The van der Waals surface area contributed by atoms with E-state index in [1.807, 2.05) is 18.2 Å². The van der Waals surface area contributed by atoms with Gasteiger partial charge in [-0.25, -0.2) is 4.98 Å². The number of aromatic nitrogens is 1. The molecule has 0 bridgehead atoms. The molecule has 4 nitrogen and oxygen atoms in total. The van der Waals surface area contributed by atoms with Gasteiger partial charge in [0.15, 0.2) is 0 Å². The number of anilines is 1. The van der Waals surface area contributed by atoms with Crippen LogP contribution in [0.15, 0.2) is 41.1 Å². The van der Waals surface area contributed by atoms with Gasteiger partial charge in [0.25, 0.3) is 0 Å². The Balaban J connectivity index is 1.83.